The Morgan fingerprint density at radius 3 is 2.77 bits per heavy atom. The van der Waals surface area contributed by atoms with E-state index in [2.05, 4.69) is 11.8 Å². The molecule has 5 heteroatoms. The van der Waals surface area contributed by atoms with Gasteiger partial charge in [0.25, 0.3) is 0 Å². The number of nitrogens with zero attached hydrogens (tertiary/aromatic N) is 1. The van der Waals surface area contributed by atoms with Crippen LogP contribution in [0.5, 0.6) is 5.75 Å². The van der Waals surface area contributed by atoms with E-state index in [0.29, 0.717) is 12.3 Å². The summed E-state index contributed by atoms with van der Waals surface area (Å²) in [5, 5.41) is 10.1. The van der Waals surface area contributed by atoms with Crippen molar-refractivity contribution in [3.05, 3.63) is 29.8 Å². The Bertz CT molecular complexity index is 485. The number of benzene rings is 1. The van der Waals surface area contributed by atoms with Crippen molar-refractivity contribution >= 4 is 5.91 Å². The lowest BCUT2D eigenvalue weighted by molar-refractivity contribution is -0.117. The molecular formula is C17H26N2O3. The predicted molar refractivity (Wildman–Crippen MR) is 85.7 cm³/mol. The number of amides is 1. The number of piperidine rings is 1. The van der Waals surface area contributed by atoms with E-state index in [1.165, 1.54) is 12.8 Å². The number of hydrogen-bond acceptors (Lipinski definition) is 4. The summed E-state index contributed by atoms with van der Waals surface area (Å²) in [6.07, 6.45) is 2.00. The van der Waals surface area contributed by atoms with Crippen LogP contribution >= 0.6 is 0 Å². The van der Waals surface area contributed by atoms with Crippen molar-refractivity contribution in [3.8, 4) is 5.75 Å². The smallest absolute Gasteiger partial charge is 0.221 e. The van der Waals surface area contributed by atoms with Crippen molar-refractivity contribution < 1.29 is 14.6 Å². The van der Waals surface area contributed by atoms with Gasteiger partial charge in [0.1, 0.15) is 18.5 Å². The van der Waals surface area contributed by atoms with Crippen molar-refractivity contribution in [1.82, 2.24) is 4.90 Å². The maximum atomic E-state index is 11.1. The highest BCUT2D eigenvalue weighted by atomic mass is 16.5. The first-order chi connectivity index (χ1) is 10.5. The molecule has 1 saturated heterocycles. The Morgan fingerprint density at radius 2 is 2.09 bits per heavy atom. The van der Waals surface area contributed by atoms with Crippen LogP contribution in [0.4, 0.5) is 0 Å². The number of primary amides is 1. The van der Waals surface area contributed by atoms with Crippen LogP contribution in [-0.2, 0) is 11.2 Å². The lowest BCUT2D eigenvalue weighted by Crippen LogP contribution is -2.40. The number of carbonyl (C=O) groups is 1. The molecule has 1 aromatic carbocycles. The zero-order chi connectivity index (χ0) is 15.9. The number of rotatable bonds is 7. The zero-order valence-electron chi connectivity index (χ0n) is 13.2. The van der Waals surface area contributed by atoms with Crippen molar-refractivity contribution in [3.63, 3.8) is 0 Å². The summed E-state index contributed by atoms with van der Waals surface area (Å²) in [5.41, 5.74) is 5.99. The number of β-amino-alcohol motifs (C(OH)–C–C–N with tert-alkyl or cyclic N) is 1. The number of likely N-dealkylation sites (tertiary alicyclic amines) is 1. The fourth-order valence-electron chi connectivity index (χ4n) is 2.76. The highest BCUT2D eigenvalue weighted by Crippen LogP contribution is 2.19. The van der Waals surface area contributed by atoms with E-state index < -0.39 is 6.10 Å². The predicted octanol–water partition coefficient (Wildman–Crippen LogP) is 1.19. The third kappa shape index (κ3) is 5.31. The summed E-state index contributed by atoms with van der Waals surface area (Å²) >= 11 is 0. The summed E-state index contributed by atoms with van der Waals surface area (Å²) < 4.78 is 5.68. The zero-order valence-corrected chi connectivity index (χ0v) is 13.2. The van der Waals surface area contributed by atoms with Gasteiger partial charge < -0.3 is 20.5 Å². The third-order valence-corrected chi connectivity index (χ3v) is 4.11. The summed E-state index contributed by atoms with van der Waals surface area (Å²) in [6.45, 7) is 5.20. The summed E-state index contributed by atoms with van der Waals surface area (Å²) in [4.78, 5) is 13.3. The van der Waals surface area contributed by atoms with Gasteiger partial charge >= 0.3 is 0 Å². The quantitative estimate of drug-likeness (QED) is 0.793. The lowest BCUT2D eigenvalue weighted by Gasteiger charge is -2.31. The summed E-state index contributed by atoms with van der Waals surface area (Å²) in [6, 6.07) is 7.31. The van der Waals surface area contributed by atoms with E-state index in [9.17, 15) is 9.90 Å². The van der Waals surface area contributed by atoms with Crippen LogP contribution in [0.3, 0.4) is 0 Å². The molecule has 0 bridgehead atoms. The number of ether oxygens (including phenoxy) is 1. The SMILES string of the molecule is CC1CCN(C[C@@H](O)COc2ccccc2CC(N)=O)CC1. The Morgan fingerprint density at radius 1 is 1.41 bits per heavy atom. The van der Waals surface area contributed by atoms with Crippen LogP contribution in [-0.4, -0.2) is 48.3 Å². The van der Waals surface area contributed by atoms with E-state index in [1.807, 2.05) is 18.2 Å². The molecule has 0 radical (unpaired) electrons. The number of carbonyl (C=O) groups excluding carboxylic acids is 1. The molecular weight excluding hydrogens is 280 g/mol. The van der Waals surface area contributed by atoms with Crippen LogP contribution < -0.4 is 10.5 Å². The molecule has 122 valence electrons. The average molecular weight is 306 g/mol. The summed E-state index contributed by atoms with van der Waals surface area (Å²) in [5.74, 6) is 1.01. The molecule has 0 saturated carbocycles. The Kier molecular flexibility index (Phi) is 6.21. The molecule has 3 N–H and O–H groups in total. The van der Waals surface area contributed by atoms with Gasteiger partial charge in [-0.25, -0.2) is 0 Å². The average Bonchev–Trinajstić information content (AvgIpc) is 2.48. The molecule has 0 aliphatic carbocycles. The van der Waals surface area contributed by atoms with Gasteiger partial charge in [0.15, 0.2) is 0 Å². The fraction of sp³-hybridized carbons (Fsp3) is 0.588. The molecule has 0 unspecified atom stereocenters. The number of aliphatic hydroxyl groups excluding tert-OH is 1. The highest BCUT2D eigenvalue weighted by Gasteiger charge is 2.18. The van der Waals surface area contributed by atoms with Gasteiger partial charge in [-0.15, -0.1) is 0 Å². The molecule has 2 rings (SSSR count). The second-order valence-electron chi connectivity index (χ2n) is 6.20. The minimum atomic E-state index is -0.532. The van der Waals surface area contributed by atoms with Gasteiger partial charge in [-0.05, 0) is 37.9 Å². The molecule has 5 nitrogen and oxygen atoms in total. The van der Waals surface area contributed by atoms with Gasteiger partial charge in [-0.2, -0.15) is 0 Å². The fourth-order valence-corrected chi connectivity index (χ4v) is 2.76. The molecule has 1 fully saturated rings. The van der Waals surface area contributed by atoms with Gasteiger partial charge in [-0.1, -0.05) is 25.1 Å². The molecule has 1 atom stereocenters. The first-order valence-electron chi connectivity index (χ1n) is 7.94. The normalized spacial score (nSPS) is 18.1. The second kappa shape index (κ2) is 8.15. The van der Waals surface area contributed by atoms with Gasteiger partial charge in [-0.3, -0.25) is 4.79 Å². The maximum Gasteiger partial charge on any atom is 0.221 e. The number of para-hydroxylation sites is 1. The second-order valence-corrected chi connectivity index (χ2v) is 6.20. The van der Waals surface area contributed by atoms with Crippen LogP contribution in [0, 0.1) is 5.92 Å². The minimum Gasteiger partial charge on any atom is -0.491 e. The standard InChI is InChI=1S/C17H26N2O3/c1-13-6-8-19(9-7-13)11-15(20)12-22-16-5-3-2-4-14(16)10-17(18)21/h2-5,13,15,20H,6-12H2,1H3,(H2,18,21)/t15-/m1/s1. The van der Waals surface area contributed by atoms with E-state index in [1.54, 1.807) is 6.07 Å². The van der Waals surface area contributed by atoms with Crippen molar-refractivity contribution in [2.24, 2.45) is 11.7 Å². The van der Waals surface area contributed by atoms with Gasteiger partial charge in [0.05, 0.1) is 6.42 Å². The number of hydrogen-bond donors (Lipinski definition) is 2. The number of aliphatic hydroxyl groups is 1. The third-order valence-electron chi connectivity index (χ3n) is 4.11. The Labute approximate surface area is 132 Å². The van der Waals surface area contributed by atoms with Crippen LogP contribution in [0.15, 0.2) is 24.3 Å². The molecule has 1 aliphatic rings. The topological polar surface area (TPSA) is 75.8 Å². The Hall–Kier alpha value is -1.59. The number of nitrogens with two attached hydrogens (primary N) is 1. The van der Waals surface area contributed by atoms with Crippen molar-refractivity contribution in [1.29, 1.82) is 0 Å². The Balaban J connectivity index is 1.81. The first-order valence-corrected chi connectivity index (χ1v) is 7.94. The molecule has 0 spiro atoms. The van der Waals surface area contributed by atoms with Crippen LogP contribution in [0.1, 0.15) is 25.3 Å². The molecule has 1 heterocycles. The van der Waals surface area contributed by atoms with E-state index in [0.717, 1.165) is 24.6 Å². The van der Waals surface area contributed by atoms with Gasteiger partial charge in [0, 0.05) is 12.1 Å². The van der Waals surface area contributed by atoms with E-state index in [-0.39, 0.29) is 18.9 Å². The summed E-state index contributed by atoms with van der Waals surface area (Å²) in [7, 11) is 0. The molecule has 0 aromatic heterocycles. The van der Waals surface area contributed by atoms with Crippen molar-refractivity contribution in [2.75, 3.05) is 26.2 Å². The van der Waals surface area contributed by atoms with Crippen molar-refractivity contribution in [2.45, 2.75) is 32.3 Å². The highest BCUT2D eigenvalue weighted by molar-refractivity contribution is 5.77. The molecule has 1 amide bonds. The van der Waals surface area contributed by atoms with Crippen LogP contribution in [0.25, 0.3) is 0 Å². The van der Waals surface area contributed by atoms with Crippen LogP contribution in [0.2, 0.25) is 0 Å². The molecule has 1 aliphatic heterocycles. The van der Waals surface area contributed by atoms with E-state index >= 15 is 0 Å². The first kappa shape index (κ1) is 16.8. The largest absolute Gasteiger partial charge is 0.491 e. The van der Waals surface area contributed by atoms with Gasteiger partial charge in [0.2, 0.25) is 5.91 Å². The lowest BCUT2D eigenvalue weighted by atomic mass is 9.99. The maximum absolute atomic E-state index is 11.1. The van der Waals surface area contributed by atoms with E-state index in [4.69, 9.17) is 10.5 Å². The molecule has 1 aromatic rings. The monoisotopic (exact) mass is 306 g/mol. The molecule has 22 heavy (non-hydrogen) atoms. The minimum absolute atomic E-state index is 0.149.